The first-order chi connectivity index (χ1) is 19.2. The zero-order valence-corrected chi connectivity index (χ0v) is 23.6. The number of aromatic nitrogens is 2. The minimum atomic E-state index is 0.634. The van der Waals surface area contributed by atoms with Crippen molar-refractivity contribution >= 4 is 54.8 Å². The number of hydrogen-bond acceptors (Lipinski definition) is 7. The van der Waals surface area contributed by atoms with Crippen molar-refractivity contribution in [2.24, 2.45) is 0 Å². The van der Waals surface area contributed by atoms with E-state index in [2.05, 4.69) is 49.6 Å². The molecule has 0 radical (unpaired) electrons. The minimum absolute atomic E-state index is 0.634. The van der Waals surface area contributed by atoms with Gasteiger partial charge in [-0.25, -0.2) is 0 Å². The molecule has 3 heterocycles. The highest BCUT2D eigenvalue weighted by Crippen LogP contribution is 2.55. The number of benzene rings is 4. The Balaban J connectivity index is 1.62. The Morgan fingerprint density at radius 1 is 0.590 bits per heavy atom. The van der Waals surface area contributed by atoms with Crippen LogP contribution in [0.5, 0.6) is 23.0 Å². The van der Waals surface area contributed by atoms with Crippen LogP contribution >= 0.6 is 34.4 Å². The smallest absolute Gasteiger partial charge is 0.181 e. The number of fused-ring (bicyclic) bond motifs is 2. The van der Waals surface area contributed by atoms with Gasteiger partial charge in [-0.1, -0.05) is 54.6 Å². The quantitative estimate of drug-likeness (QED) is 0.202. The highest BCUT2D eigenvalue weighted by molar-refractivity contribution is 7.28. The van der Waals surface area contributed by atoms with Crippen molar-refractivity contribution in [3.63, 3.8) is 0 Å². The Morgan fingerprint density at radius 3 is 1.79 bits per heavy atom. The van der Waals surface area contributed by atoms with Gasteiger partial charge in [-0.05, 0) is 72.3 Å². The molecule has 4 nitrogen and oxygen atoms in total. The first-order valence-electron chi connectivity index (χ1n) is 12.5. The average molecular weight is 563 g/mol. The molecule has 0 aliphatic heterocycles. The molecule has 0 atom stereocenters. The highest BCUT2D eigenvalue weighted by Gasteiger charge is 2.30. The number of para-hydroxylation sites is 2. The number of nitrogens with zero attached hydrogens (tertiary/aromatic N) is 2. The molecule has 0 fully saturated rings. The summed E-state index contributed by atoms with van der Waals surface area (Å²) in [5, 5.41) is 2.13. The lowest BCUT2D eigenvalue weighted by Crippen LogP contribution is -2.00. The Bertz CT molecular complexity index is 1890. The van der Waals surface area contributed by atoms with Crippen molar-refractivity contribution in [1.29, 1.82) is 0 Å². The van der Waals surface area contributed by atoms with Crippen LogP contribution in [0.4, 0.5) is 0 Å². The number of thiophene rings is 2. The van der Waals surface area contributed by atoms with Crippen LogP contribution in [0.15, 0.2) is 96.4 Å². The SMILES string of the molecule is Cc1cccc(C)c1-c1c(Oc2ccccc2)c(Oc2ccccc2)c(-c2cc3sccc3s2)c2nsnc12. The van der Waals surface area contributed by atoms with Crippen molar-refractivity contribution in [3.05, 3.63) is 108 Å². The molecule has 4 aromatic carbocycles. The molecule has 0 saturated heterocycles. The van der Waals surface area contributed by atoms with Crippen molar-refractivity contribution in [1.82, 2.24) is 8.75 Å². The van der Waals surface area contributed by atoms with Gasteiger partial charge in [0.1, 0.15) is 22.5 Å². The van der Waals surface area contributed by atoms with Crippen LogP contribution in [0.3, 0.4) is 0 Å². The van der Waals surface area contributed by atoms with Gasteiger partial charge in [0.05, 0.1) is 22.9 Å². The molecule has 7 rings (SSSR count). The summed E-state index contributed by atoms with van der Waals surface area (Å²) >= 11 is 4.69. The summed E-state index contributed by atoms with van der Waals surface area (Å²) in [7, 11) is 0. The molecule has 0 amide bonds. The first-order valence-corrected chi connectivity index (χ1v) is 14.9. The summed E-state index contributed by atoms with van der Waals surface area (Å²) in [6.07, 6.45) is 0. The normalized spacial score (nSPS) is 11.3. The van der Waals surface area contributed by atoms with Gasteiger partial charge >= 0.3 is 0 Å². The summed E-state index contributed by atoms with van der Waals surface area (Å²) < 4.78 is 25.8. The molecular formula is C32H22N2O2S3. The van der Waals surface area contributed by atoms with E-state index in [1.807, 2.05) is 60.7 Å². The van der Waals surface area contributed by atoms with Crippen molar-refractivity contribution in [2.75, 3.05) is 0 Å². The van der Waals surface area contributed by atoms with Gasteiger partial charge in [-0.3, -0.25) is 0 Å². The fourth-order valence-corrected chi connectivity index (χ4v) is 7.64. The zero-order chi connectivity index (χ0) is 26.3. The lowest BCUT2D eigenvalue weighted by Gasteiger charge is -2.21. The summed E-state index contributed by atoms with van der Waals surface area (Å²) in [4.78, 5) is 1.08. The van der Waals surface area contributed by atoms with Crippen molar-refractivity contribution in [3.8, 4) is 44.6 Å². The monoisotopic (exact) mass is 562 g/mol. The molecule has 0 bridgehead atoms. The fraction of sp³-hybridized carbons (Fsp3) is 0.0625. The van der Waals surface area contributed by atoms with Gasteiger partial charge in [-0.2, -0.15) is 8.75 Å². The van der Waals surface area contributed by atoms with E-state index in [0.29, 0.717) is 11.5 Å². The van der Waals surface area contributed by atoms with Crippen LogP contribution in [-0.2, 0) is 0 Å². The topological polar surface area (TPSA) is 44.2 Å². The molecular weight excluding hydrogens is 541 g/mol. The Morgan fingerprint density at radius 2 is 1.18 bits per heavy atom. The van der Waals surface area contributed by atoms with E-state index in [4.69, 9.17) is 18.2 Å². The van der Waals surface area contributed by atoms with E-state index >= 15 is 0 Å². The summed E-state index contributed by atoms with van der Waals surface area (Å²) in [6, 6.07) is 30.4. The van der Waals surface area contributed by atoms with Crippen LogP contribution in [0, 0.1) is 13.8 Å². The second kappa shape index (κ2) is 9.93. The first kappa shape index (κ1) is 24.0. The number of aryl methyl sites for hydroxylation is 2. The van der Waals surface area contributed by atoms with Gasteiger partial charge < -0.3 is 9.47 Å². The van der Waals surface area contributed by atoms with Crippen LogP contribution in [0.1, 0.15) is 11.1 Å². The Kier molecular flexibility index (Phi) is 6.12. The van der Waals surface area contributed by atoms with E-state index in [9.17, 15) is 0 Å². The Hall–Kier alpha value is -4.04. The summed E-state index contributed by atoms with van der Waals surface area (Å²) in [5.41, 5.74) is 6.78. The Labute approximate surface area is 238 Å². The molecule has 0 aliphatic carbocycles. The molecule has 39 heavy (non-hydrogen) atoms. The second-order valence-corrected chi connectivity index (χ2v) is 11.8. The molecule has 0 unspecified atom stereocenters. The minimum Gasteiger partial charge on any atom is -0.453 e. The summed E-state index contributed by atoms with van der Waals surface area (Å²) in [5.74, 6) is 2.72. The number of hydrogen-bond donors (Lipinski definition) is 0. The van der Waals surface area contributed by atoms with Crippen LogP contribution in [0.25, 0.3) is 42.0 Å². The van der Waals surface area contributed by atoms with Crippen LogP contribution in [-0.4, -0.2) is 8.75 Å². The van der Waals surface area contributed by atoms with Crippen LogP contribution < -0.4 is 9.47 Å². The van der Waals surface area contributed by atoms with E-state index in [0.717, 1.165) is 55.2 Å². The lowest BCUT2D eigenvalue weighted by atomic mass is 9.92. The molecule has 190 valence electrons. The molecule has 0 saturated carbocycles. The molecule has 0 aliphatic rings. The predicted octanol–water partition coefficient (Wildman–Crippen LogP) is 10.5. The standard InChI is InChI=1S/C32H22N2O2S3/c1-19-10-9-11-20(2)26(19)28-30-29(33-39-34-30)27(25-18-24-23(38-25)16-17-37-24)31(35-21-12-5-3-6-13-21)32(28)36-22-14-7-4-8-15-22/h3-18H,1-2H3. The molecule has 7 heteroatoms. The van der Waals surface area contributed by atoms with Gasteiger partial charge in [0.25, 0.3) is 0 Å². The second-order valence-electron chi connectivity index (χ2n) is 9.23. The molecule has 0 N–H and O–H groups in total. The molecule has 0 spiro atoms. The summed E-state index contributed by atoms with van der Waals surface area (Å²) in [6.45, 7) is 4.25. The fourth-order valence-electron chi connectivity index (χ4n) is 4.92. The average Bonchev–Trinajstić information content (AvgIpc) is 3.68. The third-order valence-corrected chi connectivity index (χ3v) is 9.30. The lowest BCUT2D eigenvalue weighted by molar-refractivity contribution is 0.422. The van der Waals surface area contributed by atoms with Crippen molar-refractivity contribution in [2.45, 2.75) is 13.8 Å². The molecule has 7 aromatic rings. The maximum atomic E-state index is 6.79. The highest BCUT2D eigenvalue weighted by atomic mass is 32.1. The van der Waals surface area contributed by atoms with Gasteiger partial charge in [-0.15, -0.1) is 22.7 Å². The van der Waals surface area contributed by atoms with E-state index < -0.39 is 0 Å². The van der Waals surface area contributed by atoms with Gasteiger partial charge in [0.2, 0.25) is 0 Å². The van der Waals surface area contributed by atoms with Crippen LogP contribution in [0.2, 0.25) is 0 Å². The third kappa shape index (κ3) is 4.29. The third-order valence-electron chi connectivity index (χ3n) is 6.67. The van der Waals surface area contributed by atoms with E-state index in [1.165, 1.54) is 21.1 Å². The van der Waals surface area contributed by atoms with Crippen molar-refractivity contribution < 1.29 is 9.47 Å². The van der Waals surface area contributed by atoms with Gasteiger partial charge in [0, 0.05) is 14.3 Å². The van der Waals surface area contributed by atoms with E-state index in [1.54, 1.807) is 22.7 Å². The predicted molar refractivity (Wildman–Crippen MR) is 164 cm³/mol. The maximum Gasteiger partial charge on any atom is 0.181 e. The maximum absolute atomic E-state index is 6.79. The number of rotatable bonds is 6. The van der Waals surface area contributed by atoms with E-state index in [-0.39, 0.29) is 0 Å². The zero-order valence-electron chi connectivity index (χ0n) is 21.2. The molecule has 3 aromatic heterocycles. The van der Waals surface area contributed by atoms with Gasteiger partial charge in [0.15, 0.2) is 11.5 Å². The number of ether oxygens (including phenoxy) is 2. The largest absolute Gasteiger partial charge is 0.453 e.